The molecular formula is C18H21NO5. The van der Waals surface area contributed by atoms with E-state index in [-0.39, 0.29) is 19.3 Å². The molecule has 24 heavy (non-hydrogen) atoms. The maximum absolute atomic E-state index is 11.7. The van der Waals surface area contributed by atoms with E-state index in [1.165, 1.54) is 0 Å². The number of ether oxygens (including phenoxy) is 4. The Hall–Kier alpha value is -2.52. The number of carbonyl (C=O) groups excluding carboxylic acids is 1. The van der Waals surface area contributed by atoms with Gasteiger partial charge in [-0.05, 0) is 26.8 Å². The van der Waals surface area contributed by atoms with Gasteiger partial charge in [-0.25, -0.2) is 0 Å². The fraction of sp³-hybridized carbons (Fsp3) is 0.444. The first-order valence-electron chi connectivity index (χ1n) is 7.52. The van der Waals surface area contributed by atoms with Crippen LogP contribution >= 0.6 is 0 Å². The number of methoxy groups -OCH3 is 1. The van der Waals surface area contributed by atoms with Crippen molar-refractivity contribution in [3.05, 3.63) is 23.3 Å². The predicted molar refractivity (Wildman–Crippen MR) is 89.6 cm³/mol. The monoisotopic (exact) mass is 331 g/mol. The van der Waals surface area contributed by atoms with Crippen LogP contribution in [0.25, 0.3) is 0 Å². The summed E-state index contributed by atoms with van der Waals surface area (Å²) < 4.78 is 20.9. The second-order valence-electron chi connectivity index (χ2n) is 6.08. The van der Waals surface area contributed by atoms with E-state index in [0.717, 1.165) is 11.1 Å². The minimum Gasteiger partial charge on any atom is -0.459 e. The number of fused-ring (bicyclic) bond motifs is 1. The quantitative estimate of drug-likeness (QED) is 0.481. The third kappa shape index (κ3) is 5.28. The highest BCUT2D eigenvalue weighted by Gasteiger charge is 2.17. The average Bonchev–Trinajstić information content (AvgIpc) is 2.92. The van der Waals surface area contributed by atoms with Crippen molar-refractivity contribution in [2.24, 2.45) is 4.99 Å². The van der Waals surface area contributed by atoms with Gasteiger partial charge in [-0.3, -0.25) is 9.79 Å². The Labute approximate surface area is 141 Å². The molecule has 0 spiro atoms. The summed E-state index contributed by atoms with van der Waals surface area (Å²) in [6.45, 7) is 5.89. The Morgan fingerprint density at radius 3 is 2.71 bits per heavy atom. The zero-order chi connectivity index (χ0) is 17.6. The molecule has 0 aromatic heterocycles. The van der Waals surface area contributed by atoms with Crippen molar-refractivity contribution < 1.29 is 23.7 Å². The molecule has 1 aromatic carbocycles. The number of rotatable bonds is 4. The molecule has 1 aliphatic heterocycles. The summed E-state index contributed by atoms with van der Waals surface area (Å²) >= 11 is 0. The number of carbonyl (C=O) groups is 1. The Kier molecular flexibility index (Phi) is 5.83. The van der Waals surface area contributed by atoms with Gasteiger partial charge in [0.05, 0.1) is 0 Å². The molecule has 0 bridgehead atoms. The van der Waals surface area contributed by atoms with Crippen molar-refractivity contribution >= 4 is 12.2 Å². The average molecular weight is 331 g/mol. The van der Waals surface area contributed by atoms with E-state index in [4.69, 9.17) is 18.9 Å². The van der Waals surface area contributed by atoms with Crippen LogP contribution in [0.2, 0.25) is 0 Å². The molecule has 2 rings (SSSR count). The highest BCUT2D eigenvalue weighted by molar-refractivity contribution is 5.87. The summed E-state index contributed by atoms with van der Waals surface area (Å²) in [5.74, 6) is 6.78. The van der Waals surface area contributed by atoms with Gasteiger partial charge in [0.1, 0.15) is 18.8 Å². The van der Waals surface area contributed by atoms with Gasteiger partial charge >= 0.3 is 5.97 Å². The molecule has 0 unspecified atom stereocenters. The second kappa shape index (κ2) is 7.84. The van der Waals surface area contributed by atoms with E-state index < -0.39 is 5.60 Å². The summed E-state index contributed by atoms with van der Waals surface area (Å²) in [7, 11) is 1.58. The maximum atomic E-state index is 11.7. The molecule has 0 N–H and O–H groups in total. The fourth-order valence-corrected chi connectivity index (χ4v) is 1.97. The summed E-state index contributed by atoms with van der Waals surface area (Å²) in [6, 6.07) is 3.58. The van der Waals surface area contributed by atoms with Gasteiger partial charge in [-0.2, -0.15) is 0 Å². The first kappa shape index (κ1) is 17.8. The molecule has 1 aromatic rings. The maximum Gasteiger partial charge on any atom is 0.328 e. The first-order chi connectivity index (χ1) is 11.4. The minimum atomic E-state index is -0.526. The third-order valence-electron chi connectivity index (χ3n) is 2.86. The number of hydrogen-bond acceptors (Lipinski definition) is 6. The van der Waals surface area contributed by atoms with E-state index in [0.29, 0.717) is 18.1 Å². The third-order valence-corrected chi connectivity index (χ3v) is 2.86. The lowest BCUT2D eigenvalue weighted by Crippen LogP contribution is -2.25. The number of esters is 1. The SMILES string of the molecule is COCC#Cc1cc2c(cc1C=NCC(=O)OC(C)(C)C)OCO2. The van der Waals surface area contributed by atoms with E-state index in [9.17, 15) is 4.79 Å². The summed E-state index contributed by atoms with van der Waals surface area (Å²) in [6.07, 6.45) is 1.59. The largest absolute Gasteiger partial charge is 0.459 e. The second-order valence-corrected chi connectivity index (χ2v) is 6.08. The van der Waals surface area contributed by atoms with Crippen LogP contribution in [-0.4, -0.2) is 44.8 Å². The number of benzene rings is 1. The zero-order valence-corrected chi connectivity index (χ0v) is 14.3. The molecule has 0 saturated carbocycles. The van der Waals surface area contributed by atoms with E-state index in [2.05, 4.69) is 16.8 Å². The molecule has 0 amide bonds. The lowest BCUT2D eigenvalue weighted by atomic mass is 10.1. The molecule has 0 fully saturated rings. The van der Waals surface area contributed by atoms with Crippen molar-refractivity contribution in [1.29, 1.82) is 0 Å². The Bertz CT molecular complexity index is 692. The molecule has 1 aliphatic rings. The molecule has 1 heterocycles. The van der Waals surface area contributed by atoms with Crippen molar-refractivity contribution in [2.45, 2.75) is 26.4 Å². The number of hydrogen-bond donors (Lipinski definition) is 0. The van der Waals surface area contributed by atoms with Crippen LogP contribution < -0.4 is 9.47 Å². The standard InChI is InChI=1S/C18H21NO5/c1-18(2,3)24-17(20)11-19-10-14-9-16-15(22-12-23-16)8-13(14)6-5-7-21-4/h8-10H,7,11-12H2,1-4H3. The van der Waals surface area contributed by atoms with Crippen LogP contribution in [0.15, 0.2) is 17.1 Å². The lowest BCUT2D eigenvalue weighted by molar-refractivity contribution is -0.152. The van der Waals surface area contributed by atoms with Crippen LogP contribution in [-0.2, 0) is 14.3 Å². The van der Waals surface area contributed by atoms with Crippen LogP contribution in [0.3, 0.4) is 0 Å². The lowest BCUT2D eigenvalue weighted by Gasteiger charge is -2.18. The molecule has 0 radical (unpaired) electrons. The van der Waals surface area contributed by atoms with Gasteiger partial charge in [0, 0.05) is 30.5 Å². The molecule has 0 aliphatic carbocycles. The van der Waals surface area contributed by atoms with Crippen LogP contribution in [0.4, 0.5) is 0 Å². The molecule has 0 atom stereocenters. The van der Waals surface area contributed by atoms with Crippen molar-refractivity contribution in [1.82, 2.24) is 0 Å². The number of nitrogens with zero attached hydrogens (tertiary/aromatic N) is 1. The van der Waals surface area contributed by atoms with E-state index >= 15 is 0 Å². The molecule has 6 heteroatoms. The topological polar surface area (TPSA) is 66.4 Å². The van der Waals surface area contributed by atoms with Gasteiger partial charge < -0.3 is 18.9 Å². The molecule has 128 valence electrons. The van der Waals surface area contributed by atoms with Gasteiger partial charge in [-0.15, -0.1) is 0 Å². The van der Waals surface area contributed by atoms with Gasteiger partial charge in [0.2, 0.25) is 6.79 Å². The highest BCUT2D eigenvalue weighted by atomic mass is 16.7. The van der Waals surface area contributed by atoms with Crippen LogP contribution in [0, 0.1) is 11.8 Å². The summed E-state index contributed by atoms with van der Waals surface area (Å²) in [5, 5.41) is 0. The smallest absolute Gasteiger partial charge is 0.328 e. The Morgan fingerprint density at radius 2 is 2.04 bits per heavy atom. The highest BCUT2D eigenvalue weighted by Crippen LogP contribution is 2.34. The van der Waals surface area contributed by atoms with Crippen molar-refractivity contribution in [2.75, 3.05) is 27.1 Å². The summed E-state index contributed by atoms with van der Waals surface area (Å²) in [4.78, 5) is 15.9. The van der Waals surface area contributed by atoms with Gasteiger partial charge in [0.15, 0.2) is 11.5 Å². The molecular weight excluding hydrogens is 310 g/mol. The summed E-state index contributed by atoms with van der Waals surface area (Å²) in [5.41, 5.74) is 0.943. The Balaban J connectivity index is 2.15. The molecule has 0 saturated heterocycles. The van der Waals surface area contributed by atoms with E-state index in [1.54, 1.807) is 25.5 Å². The van der Waals surface area contributed by atoms with Crippen molar-refractivity contribution in [3.8, 4) is 23.3 Å². The predicted octanol–water partition coefficient (Wildman–Crippen LogP) is 2.17. The molecule has 6 nitrogen and oxygen atoms in total. The Morgan fingerprint density at radius 1 is 1.33 bits per heavy atom. The van der Waals surface area contributed by atoms with Crippen LogP contribution in [0.1, 0.15) is 31.9 Å². The van der Waals surface area contributed by atoms with Crippen molar-refractivity contribution in [3.63, 3.8) is 0 Å². The first-order valence-corrected chi connectivity index (χ1v) is 7.52. The van der Waals surface area contributed by atoms with E-state index in [1.807, 2.05) is 20.8 Å². The van der Waals surface area contributed by atoms with Gasteiger partial charge in [-0.1, -0.05) is 11.8 Å². The normalized spacial score (nSPS) is 12.8. The zero-order valence-electron chi connectivity index (χ0n) is 14.3. The minimum absolute atomic E-state index is 0.0589. The number of aliphatic imine (C=N–C) groups is 1. The van der Waals surface area contributed by atoms with Gasteiger partial charge in [0.25, 0.3) is 0 Å². The van der Waals surface area contributed by atoms with Crippen LogP contribution in [0.5, 0.6) is 11.5 Å². The fourth-order valence-electron chi connectivity index (χ4n) is 1.97.